The Kier molecular flexibility index (Phi) is 5.95. The first-order chi connectivity index (χ1) is 16.6. The lowest BCUT2D eigenvalue weighted by Crippen LogP contribution is -2.35. The summed E-state index contributed by atoms with van der Waals surface area (Å²) in [7, 11) is 0. The third-order valence-corrected chi connectivity index (χ3v) is 6.36. The molecule has 1 fully saturated rings. The van der Waals surface area contributed by atoms with Gasteiger partial charge in [0.2, 0.25) is 5.78 Å². The summed E-state index contributed by atoms with van der Waals surface area (Å²) < 4.78 is 0. The average Bonchev–Trinajstić information content (AvgIpc) is 2.90. The van der Waals surface area contributed by atoms with Crippen LogP contribution in [-0.2, 0) is 0 Å². The van der Waals surface area contributed by atoms with Crippen molar-refractivity contribution in [1.82, 2.24) is 9.97 Å². The summed E-state index contributed by atoms with van der Waals surface area (Å²) >= 11 is 0. The average molecular weight is 451 g/mol. The fourth-order valence-corrected chi connectivity index (χ4v) is 4.57. The molecule has 0 spiro atoms. The Morgan fingerprint density at radius 2 is 1.79 bits per heavy atom. The molecule has 1 aliphatic rings. The molecule has 0 bridgehead atoms. The number of carbonyl (C=O) groups is 1. The summed E-state index contributed by atoms with van der Waals surface area (Å²) in [6.07, 6.45) is 3.77. The van der Waals surface area contributed by atoms with Gasteiger partial charge in [-0.1, -0.05) is 54.6 Å². The number of phenols is 1. The zero-order valence-electron chi connectivity index (χ0n) is 18.8. The van der Waals surface area contributed by atoms with Crippen molar-refractivity contribution in [3.05, 3.63) is 102 Å². The van der Waals surface area contributed by atoms with E-state index >= 15 is 0 Å². The van der Waals surface area contributed by atoms with Crippen molar-refractivity contribution < 1.29 is 9.90 Å². The Morgan fingerprint density at radius 1 is 1.00 bits per heavy atom. The molecule has 0 radical (unpaired) electrons. The molecule has 2 aromatic heterocycles. The highest BCUT2D eigenvalue weighted by molar-refractivity contribution is 6.11. The van der Waals surface area contributed by atoms with Gasteiger partial charge < -0.3 is 15.7 Å². The first-order valence-corrected chi connectivity index (χ1v) is 11.5. The predicted octanol–water partition coefficient (Wildman–Crippen LogP) is 5.05. The summed E-state index contributed by atoms with van der Waals surface area (Å²) in [5.74, 6) is 1.19. The number of benzene rings is 2. The monoisotopic (exact) mass is 450 g/mol. The van der Waals surface area contributed by atoms with E-state index < -0.39 is 0 Å². The number of anilines is 2. The van der Waals surface area contributed by atoms with Crippen molar-refractivity contribution in [1.29, 1.82) is 0 Å². The molecule has 1 atom stereocenters. The maximum atomic E-state index is 13.4. The van der Waals surface area contributed by atoms with Crippen LogP contribution in [0.5, 0.6) is 5.75 Å². The van der Waals surface area contributed by atoms with Gasteiger partial charge in [0, 0.05) is 36.3 Å². The third kappa shape index (κ3) is 4.35. The van der Waals surface area contributed by atoms with Gasteiger partial charge in [0.25, 0.3) is 0 Å². The number of pyridine rings is 2. The highest BCUT2D eigenvalue weighted by Crippen LogP contribution is 2.31. The topological polar surface area (TPSA) is 92.3 Å². The number of nitrogen functional groups attached to an aromatic ring is 1. The van der Waals surface area contributed by atoms with Crippen LogP contribution in [0.3, 0.4) is 0 Å². The molecule has 6 nitrogen and oxygen atoms in total. The zero-order chi connectivity index (χ0) is 23.5. The van der Waals surface area contributed by atoms with Crippen molar-refractivity contribution in [2.75, 3.05) is 23.7 Å². The van der Waals surface area contributed by atoms with E-state index in [1.807, 2.05) is 24.3 Å². The molecule has 0 aliphatic carbocycles. The lowest BCUT2D eigenvalue weighted by molar-refractivity contribution is 0.103. The number of para-hydroxylation sites is 1. The summed E-state index contributed by atoms with van der Waals surface area (Å²) in [4.78, 5) is 24.6. The van der Waals surface area contributed by atoms with Crippen LogP contribution >= 0.6 is 0 Å². The Bertz CT molecular complexity index is 1320. The Labute approximate surface area is 198 Å². The van der Waals surface area contributed by atoms with Crippen LogP contribution in [0, 0.1) is 0 Å². The van der Waals surface area contributed by atoms with Crippen molar-refractivity contribution in [2.45, 2.75) is 18.8 Å². The first kappa shape index (κ1) is 21.6. The van der Waals surface area contributed by atoms with E-state index in [9.17, 15) is 9.90 Å². The summed E-state index contributed by atoms with van der Waals surface area (Å²) in [6.45, 7) is 1.77. The number of piperidine rings is 1. The largest absolute Gasteiger partial charge is 0.507 e. The second-order valence-corrected chi connectivity index (χ2v) is 8.58. The molecule has 0 amide bonds. The minimum Gasteiger partial charge on any atom is -0.507 e. The van der Waals surface area contributed by atoms with Gasteiger partial charge in [0.1, 0.15) is 23.1 Å². The second-order valence-electron chi connectivity index (χ2n) is 8.58. The van der Waals surface area contributed by atoms with Crippen molar-refractivity contribution in [2.24, 2.45) is 0 Å². The number of hydrogen-bond donors (Lipinski definition) is 2. The number of ketones is 1. The number of aromatic nitrogens is 2. The maximum absolute atomic E-state index is 13.4. The fraction of sp³-hybridized carbons (Fsp3) is 0.179. The molecule has 1 aliphatic heterocycles. The van der Waals surface area contributed by atoms with Crippen LogP contribution in [0.25, 0.3) is 11.1 Å². The number of rotatable bonds is 5. The quantitative estimate of drug-likeness (QED) is 0.414. The minimum absolute atomic E-state index is 0.116. The molecular formula is C28H26N4O2. The lowest BCUT2D eigenvalue weighted by Gasteiger charge is -2.34. The van der Waals surface area contributed by atoms with Crippen LogP contribution in [0.2, 0.25) is 0 Å². The van der Waals surface area contributed by atoms with E-state index in [0.717, 1.165) is 31.7 Å². The van der Waals surface area contributed by atoms with E-state index in [-0.39, 0.29) is 22.9 Å². The minimum atomic E-state index is -0.291. The van der Waals surface area contributed by atoms with Crippen molar-refractivity contribution in [3.8, 4) is 16.9 Å². The van der Waals surface area contributed by atoms with Gasteiger partial charge in [0.15, 0.2) is 0 Å². The molecular weight excluding hydrogens is 424 g/mol. The van der Waals surface area contributed by atoms with Crippen LogP contribution < -0.4 is 10.6 Å². The summed E-state index contributed by atoms with van der Waals surface area (Å²) in [5.41, 5.74) is 9.21. The smallest absolute Gasteiger partial charge is 0.215 e. The fourth-order valence-electron chi connectivity index (χ4n) is 4.57. The van der Waals surface area contributed by atoms with E-state index in [1.54, 1.807) is 36.5 Å². The SMILES string of the molecule is Nc1ncc(-c2ccccc2O)cc1C(=O)c1cccc(N2CCCC(c3ccccc3)C2)n1. The van der Waals surface area contributed by atoms with Crippen molar-refractivity contribution in [3.63, 3.8) is 0 Å². The molecule has 1 unspecified atom stereocenters. The molecule has 6 heteroatoms. The van der Waals surface area contributed by atoms with Gasteiger partial charge in [-0.3, -0.25) is 4.79 Å². The summed E-state index contributed by atoms with van der Waals surface area (Å²) in [5, 5.41) is 10.2. The highest BCUT2D eigenvalue weighted by Gasteiger charge is 2.23. The Morgan fingerprint density at radius 3 is 2.62 bits per heavy atom. The van der Waals surface area contributed by atoms with Gasteiger partial charge in [-0.15, -0.1) is 0 Å². The van der Waals surface area contributed by atoms with Gasteiger partial charge in [-0.2, -0.15) is 0 Å². The normalized spacial score (nSPS) is 15.8. The molecule has 170 valence electrons. The second kappa shape index (κ2) is 9.35. The summed E-state index contributed by atoms with van der Waals surface area (Å²) in [6, 6.07) is 24.7. The molecule has 34 heavy (non-hydrogen) atoms. The third-order valence-electron chi connectivity index (χ3n) is 6.36. The number of nitrogens with two attached hydrogens (primary N) is 1. The lowest BCUT2D eigenvalue weighted by atomic mass is 9.90. The first-order valence-electron chi connectivity index (χ1n) is 11.5. The van der Waals surface area contributed by atoms with E-state index in [2.05, 4.69) is 34.1 Å². The van der Waals surface area contributed by atoms with E-state index in [1.165, 1.54) is 5.56 Å². The number of nitrogens with zero attached hydrogens (tertiary/aromatic N) is 3. The molecule has 0 saturated carbocycles. The zero-order valence-corrected chi connectivity index (χ0v) is 18.8. The van der Waals surface area contributed by atoms with Gasteiger partial charge >= 0.3 is 0 Å². The number of hydrogen-bond acceptors (Lipinski definition) is 6. The standard InChI is InChI=1S/C28H26N4O2/c29-28-23(16-21(17-30-28)22-11-4-5-13-25(22)33)27(34)24-12-6-14-26(31-24)32-15-7-10-20(18-32)19-8-2-1-3-9-19/h1-6,8-9,11-14,16-17,20,33H,7,10,15,18H2,(H2,29,30). The van der Waals surface area contributed by atoms with Crippen LogP contribution in [0.15, 0.2) is 85.1 Å². The van der Waals surface area contributed by atoms with Gasteiger partial charge in [-0.25, -0.2) is 9.97 Å². The molecule has 3 heterocycles. The number of aromatic hydroxyl groups is 1. The maximum Gasteiger partial charge on any atom is 0.215 e. The molecule has 3 N–H and O–H groups in total. The number of carbonyl (C=O) groups excluding carboxylic acids is 1. The van der Waals surface area contributed by atoms with Gasteiger partial charge in [-0.05, 0) is 42.7 Å². The molecule has 1 saturated heterocycles. The van der Waals surface area contributed by atoms with Crippen LogP contribution in [-0.4, -0.2) is 33.9 Å². The highest BCUT2D eigenvalue weighted by atomic mass is 16.3. The molecule has 2 aromatic carbocycles. The molecule has 4 aromatic rings. The molecule has 5 rings (SSSR count). The van der Waals surface area contributed by atoms with Gasteiger partial charge in [0.05, 0.1) is 5.56 Å². The van der Waals surface area contributed by atoms with Crippen LogP contribution in [0.4, 0.5) is 11.6 Å². The number of phenolic OH excluding ortho intramolecular Hbond substituents is 1. The Hall–Kier alpha value is -4.19. The van der Waals surface area contributed by atoms with E-state index in [0.29, 0.717) is 22.7 Å². The Balaban J connectivity index is 1.42. The predicted molar refractivity (Wildman–Crippen MR) is 134 cm³/mol. The van der Waals surface area contributed by atoms with Crippen molar-refractivity contribution >= 4 is 17.4 Å². The van der Waals surface area contributed by atoms with Crippen LogP contribution in [0.1, 0.15) is 40.4 Å². The van der Waals surface area contributed by atoms with E-state index in [4.69, 9.17) is 10.7 Å².